The van der Waals surface area contributed by atoms with Crippen molar-refractivity contribution in [3.63, 3.8) is 0 Å². The maximum absolute atomic E-state index is 12.4. The normalized spacial score (nSPS) is 11.3. The van der Waals surface area contributed by atoms with Crippen molar-refractivity contribution in [2.75, 3.05) is 12.4 Å². The molecule has 0 aromatic heterocycles. The Labute approximate surface area is 186 Å². The minimum absolute atomic E-state index is 0.0491. The number of amides is 1. The molecule has 0 saturated heterocycles. The van der Waals surface area contributed by atoms with Crippen LogP contribution in [0.5, 0.6) is 11.5 Å². The van der Waals surface area contributed by atoms with E-state index in [0.29, 0.717) is 17.0 Å². The summed E-state index contributed by atoms with van der Waals surface area (Å²) < 4.78 is 35.1. The molecule has 0 fully saturated rings. The molecule has 1 N–H and O–H groups in total. The van der Waals surface area contributed by atoms with Crippen molar-refractivity contribution in [1.82, 2.24) is 0 Å². The van der Waals surface area contributed by atoms with E-state index in [1.54, 1.807) is 48.5 Å². The number of rotatable bonds is 7. The van der Waals surface area contributed by atoms with Gasteiger partial charge in [0.1, 0.15) is 28.0 Å². The second-order valence-electron chi connectivity index (χ2n) is 6.78. The molecule has 3 aromatic rings. The second kappa shape index (κ2) is 9.81. The molecule has 0 aliphatic carbocycles. The maximum Gasteiger partial charge on any atom is 0.339 e. The van der Waals surface area contributed by atoms with Crippen LogP contribution < -0.4 is 14.2 Å². The van der Waals surface area contributed by atoms with E-state index in [1.807, 2.05) is 13.0 Å². The molecule has 0 spiro atoms. The molecule has 0 aliphatic heterocycles. The topological polar surface area (TPSA) is 105 Å². The number of nitrogens with one attached hydrogen (secondary N) is 1. The number of nitrogens with zero attached hydrogens (tertiary/aromatic N) is 1. The molecule has 1 amide bonds. The van der Waals surface area contributed by atoms with Crippen molar-refractivity contribution in [3.8, 4) is 17.6 Å². The van der Waals surface area contributed by atoms with Gasteiger partial charge in [0.2, 0.25) is 0 Å². The Morgan fingerprint density at radius 2 is 1.69 bits per heavy atom. The molecule has 0 atom stereocenters. The molecule has 0 bridgehead atoms. The zero-order chi connectivity index (χ0) is 23.1. The van der Waals surface area contributed by atoms with Crippen LogP contribution in [0.2, 0.25) is 0 Å². The van der Waals surface area contributed by atoms with E-state index in [9.17, 15) is 18.5 Å². The van der Waals surface area contributed by atoms with Crippen LogP contribution in [0.15, 0.2) is 83.3 Å². The Balaban J connectivity index is 1.73. The van der Waals surface area contributed by atoms with Gasteiger partial charge in [-0.25, -0.2) is 0 Å². The molecule has 0 saturated carbocycles. The average molecular weight is 449 g/mol. The summed E-state index contributed by atoms with van der Waals surface area (Å²) in [6.07, 6.45) is 1.40. The highest BCUT2D eigenvalue weighted by molar-refractivity contribution is 7.87. The second-order valence-corrected chi connectivity index (χ2v) is 8.32. The quantitative estimate of drug-likeness (QED) is 0.328. The van der Waals surface area contributed by atoms with Crippen LogP contribution in [0.1, 0.15) is 11.1 Å². The van der Waals surface area contributed by atoms with E-state index in [0.717, 1.165) is 5.56 Å². The van der Waals surface area contributed by atoms with Crippen LogP contribution in [-0.2, 0) is 14.9 Å². The Hall–Kier alpha value is -4.09. The molecule has 0 radical (unpaired) electrons. The van der Waals surface area contributed by atoms with Crippen LogP contribution >= 0.6 is 0 Å². The average Bonchev–Trinajstić information content (AvgIpc) is 2.78. The van der Waals surface area contributed by atoms with Crippen molar-refractivity contribution in [2.24, 2.45) is 0 Å². The van der Waals surface area contributed by atoms with Gasteiger partial charge in [0, 0.05) is 11.8 Å². The molecule has 3 aromatic carbocycles. The van der Waals surface area contributed by atoms with Gasteiger partial charge in [-0.15, -0.1) is 0 Å². The van der Waals surface area contributed by atoms with E-state index in [-0.39, 0.29) is 16.2 Å². The Bertz CT molecular complexity index is 1290. The maximum atomic E-state index is 12.4. The molecule has 162 valence electrons. The standard InChI is InChI=1S/C24H20N2O5S/c1-17-6-12-23(13-7-17)32(28,29)31-21-10-8-18(9-11-21)14-19(16-25)24(27)26-20-4-3-5-22(15-20)30-2/h3-15H,1-2H3,(H,26,27)/b19-14+. The number of aryl methyl sites for hydroxylation is 1. The lowest BCUT2D eigenvalue weighted by molar-refractivity contribution is -0.112. The predicted molar refractivity (Wildman–Crippen MR) is 121 cm³/mol. The zero-order valence-electron chi connectivity index (χ0n) is 17.4. The van der Waals surface area contributed by atoms with Gasteiger partial charge in [0.05, 0.1) is 7.11 Å². The molecule has 0 heterocycles. The first-order valence-corrected chi connectivity index (χ1v) is 10.9. The van der Waals surface area contributed by atoms with Gasteiger partial charge in [-0.1, -0.05) is 35.9 Å². The third-order valence-electron chi connectivity index (χ3n) is 4.40. The van der Waals surface area contributed by atoms with Gasteiger partial charge >= 0.3 is 10.1 Å². The van der Waals surface area contributed by atoms with Gasteiger partial charge < -0.3 is 14.2 Å². The van der Waals surface area contributed by atoms with Gasteiger partial charge in [0.25, 0.3) is 5.91 Å². The first-order chi connectivity index (χ1) is 15.3. The summed E-state index contributed by atoms with van der Waals surface area (Å²) in [5.74, 6) is 0.103. The summed E-state index contributed by atoms with van der Waals surface area (Å²) >= 11 is 0. The van der Waals surface area contributed by atoms with Crippen molar-refractivity contribution in [1.29, 1.82) is 5.26 Å². The number of nitriles is 1. The lowest BCUT2D eigenvalue weighted by Crippen LogP contribution is -2.13. The number of carbonyl (C=O) groups excluding carboxylic acids is 1. The summed E-state index contributed by atoms with van der Waals surface area (Å²) in [6, 6.07) is 21.0. The van der Waals surface area contributed by atoms with Gasteiger partial charge in [-0.05, 0) is 55.0 Å². The Morgan fingerprint density at radius 1 is 1.00 bits per heavy atom. The molecular weight excluding hydrogens is 428 g/mol. The van der Waals surface area contributed by atoms with Crippen molar-refractivity contribution < 1.29 is 22.1 Å². The lowest BCUT2D eigenvalue weighted by atomic mass is 10.1. The number of benzene rings is 3. The van der Waals surface area contributed by atoms with Gasteiger partial charge in [0.15, 0.2) is 0 Å². The third kappa shape index (κ3) is 5.74. The van der Waals surface area contributed by atoms with Gasteiger partial charge in [-0.2, -0.15) is 13.7 Å². The Kier molecular flexibility index (Phi) is 6.93. The largest absolute Gasteiger partial charge is 0.497 e. The molecule has 32 heavy (non-hydrogen) atoms. The summed E-state index contributed by atoms with van der Waals surface area (Å²) in [6.45, 7) is 1.86. The van der Waals surface area contributed by atoms with E-state index in [4.69, 9.17) is 8.92 Å². The Morgan fingerprint density at radius 3 is 2.31 bits per heavy atom. The highest BCUT2D eigenvalue weighted by Crippen LogP contribution is 2.21. The minimum atomic E-state index is -3.97. The smallest absolute Gasteiger partial charge is 0.339 e. The summed E-state index contributed by atoms with van der Waals surface area (Å²) in [7, 11) is -2.45. The molecule has 7 nitrogen and oxygen atoms in total. The summed E-state index contributed by atoms with van der Waals surface area (Å²) in [4.78, 5) is 12.5. The van der Waals surface area contributed by atoms with Crippen LogP contribution in [0, 0.1) is 18.3 Å². The fraction of sp³-hybridized carbons (Fsp3) is 0.0833. The van der Waals surface area contributed by atoms with Crippen molar-refractivity contribution >= 4 is 27.8 Å². The van der Waals surface area contributed by atoms with E-state index >= 15 is 0 Å². The number of ether oxygens (including phenoxy) is 1. The third-order valence-corrected chi connectivity index (χ3v) is 5.66. The van der Waals surface area contributed by atoms with Gasteiger partial charge in [-0.3, -0.25) is 4.79 Å². The highest BCUT2D eigenvalue weighted by Gasteiger charge is 2.16. The first-order valence-electron chi connectivity index (χ1n) is 9.49. The van der Waals surface area contributed by atoms with Crippen LogP contribution in [0.3, 0.4) is 0 Å². The summed E-state index contributed by atoms with van der Waals surface area (Å²) in [5.41, 5.74) is 1.83. The van der Waals surface area contributed by atoms with Crippen LogP contribution in [0.4, 0.5) is 5.69 Å². The molecular formula is C24H20N2O5S. The molecule has 0 unspecified atom stereocenters. The highest BCUT2D eigenvalue weighted by atomic mass is 32.2. The van der Waals surface area contributed by atoms with E-state index in [1.165, 1.54) is 37.5 Å². The first kappa shape index (κ1) is 22.6. The summed E-state index contributed by atoms with van der Waals surface area (Å²) in [5, 5.41) is 12.0. The number of anilines is 1. The van der Waals surface area contributed by atoms with Crippen molar-refractivity contribution in [2.45, 2.75) is 11.8 Å². The number of methoxy groups -OCH3 is 1. The zero-order valence-corrected chi connectivity index (χ0v) is 18.2. The predicted octanol–water partition coefficient (Wildman–Crippen LogP) is 4.32. The molecule has 8 heteroatoms. The fourth-order valence-corrected chi connectivity index (χ4v) is 3.64. The fourth-order valence-electron chi connectivity index (χ4n) is 2.71. The number of carbonyl (C=O) groups is 1. The van der Waals surface area contributed by atoms with E-state index in [2.05, 4.69) is 5.32 Å². The van der Waals surface area contributed by atoms with Crippen LogP contribution in [-0.4, -0.2) is 21.4 Å². The minimum Gasteiger partial charge on any atom is -0.497 e. The van der Waals surface area contributed by atoms with Crippen molar-refractivity contribution in [3.05, 3.63) is 89.5 Å². The number of hydrogen-bond donors (Lipinski definition) is 1. The number of hydrogen-bond acceptors (Lipinski definition) is 6. The molecule has 3 rings (SSSR count). The monoisotopic (exact) mass is 448 g/mol. The molecule has 0 aliphatic rings. The lowest BCUT2D eigenvalue weighted by Gasteiger charge is -2.08. The van der Waals surface area contributed by atoms with Crippen LogP contribution in [0.25, 0.3) is 6.08 Å². The van der Waals surface area contributed by atoms with E-state index < -0.39 is 16.0 Å². The SMILES string of the molecule is COc1cccc(NC(=O)/C(C#N)=C/c2ccc(OS(=O)(=O)c3ccc(C)cc3)cc2)c1.